The number of urea groups is 1. The van der Waals surface area contributed by atoms with Crippen molar-refractivity contribution in [2.24, 2.45) is 0 Å². The maximum Gasteiger partial charge on any atom is 0.338 e. The summed E-state index contributed by atoms with van der Waals surface area (Å²) in [6.45, 7) is 4.85. The molecule has 1 aromatic heterocycles. The molecule has 3 rings (SSSR count). The highest BCUT2D eigenvalue weighted by Crippen LogP contribution is 2.32. The van der Waals surface area contributed by atoms with Crippen LogP contribution in [0.15, 0.2) is 34.9 Å². The summed E-state index contributed by atoms with van der Waals surface area (Å²) in [6.07, 6.45) is 3.63. The molecule has 0 bridgehead atoms. The highest BCUT2D eigenvalue weighted by molar-refractivity contribution is 5.92. The lowest BCUT2D eigenvalue weighted by molar-refractivity contribution is 0.0526. The molecule has 2 heterocycles. The minimum atomic E-state index is -0.371. The number of likely N-dealkylation sites (tertiary alicyclic amines) is 1. The molecule has 1 aliphatic heterocycles. The normalized spacial score (nSPS) is 16.4. The Balaban J connectivity index is 1.65. The van der Waals surface area contributed by atoms with Gasteiger partial charge in [-0.3, -0.25) is 0 Å². The van der Waals surface area contributed by atoms with Crippen LogP contribution in [-0.2, 0) is 11.2 Å². The minimum Gasteiger partial charge on any atom is -0.462 e. The number of carbonyl (C=O) groups is 2. The molecule has 1 aliphatic rings. The summed E-state index contributed by atoms with van der Waals surface area (Å²) < 4.78 is 10.3. The first-order chi connectivity index (χ1) is 13.1. The van der Waals surface area contributed by atoms with Crippen LogP contribution >= 0.6 is 0 Å². The van der Waals surface area contributed by atoms with Crippen LogP contribution in [0.5, 0.6) is 0 Å². The van der Waals surface area contributed by atoms with Crippen LogP contribution in [0, 0.1) is 0 Å². The molecule has 7 nitrogen and oxygen atoms in total. The zero-order valence-corrected chi connectivity index (χ0v) is 15.7. The van der Waals surface area contributed by atoms with Crippen molar-refractivity contribution < 1.29 is 18.8 Å². The van der Waals surface area contributed by atoms with Gasteiger partial charge in [0.2, 0.25) is 0 Å². The fourth-order valence-corrected chi connectivity index (χ4v) is 3.27. The van der Waals surface area contributed by atoms with E-state index in [1.54, 1.807) is 36.1 Å². The Kier molecular flexibility index (Phi) is 6.11. The molecular formula is C20H25N3O4. The van der Waals surface area contributed by atoms with Crippen molar-refractivity contribution >= 4 is 17.7 Å². The number of benzene rings is 1. The van der Waals surface area contributed by atoms with Crippen LogP contribution in [0.1, 0.15) is 61.0 Å². The van der Waals surface area contributed by atoms with Crippen molar-refractivity contribution in [3.05, 3.63) is 47.3 Å². The van der Waals surface area contributed by atoms with Crippen LogP contribution in [0.4, 0.5) is 10.5 Å². The smallest absolute Gasteiger partial charge is 0.338 e. The molecule has 0 spiro atoms. The zero-order valence-electron chi connectivity index (χ0n) is 15.7. The number of nitrogens with one attached hydrogen (secondary N) is 1. The largest absolute Gasteiger partial charge is 0.462 e. The number of nitrogens with zero attached hydrogens (tertiary/aromatic N) is 2. The number of aryl methyl sites for hydroxylation is 1. The topological polar surface area (TPSA) is 84.7 Å². The Morgan fingerprint density at radius 2 is 2.07 bits per heavy atom. The van der Waals surface area contributed by atoms with Gasteiger partial charge in [-0.1, -0.05) is 12.1 Å². The van der Waals surface area contributed by atoms with Crippen molar-refractivity contribution in [2.45, 2.75) is 45.6 Å². The number of amides is 2. The maximum atomic E-state index is 12.7. The summed E-state index contributed by atoms with van der Waals surface area (Å²) in [4.78, 5) is 26.2. The summed E-state index contributed by atoms with van der Waals surface area (Å²) in [7, 11) is 0. The second-order valence-corrected chi connectivity index (χ2v) is 6.55. The number of ether oxygens (including phenoxy) is 1. The van der Waals surface area contributed by atoms with E-state index in [4.69, 9.17) is 9.26 Å². The molecule has 0 aliphatic carbocycles. The van der Waals surface area contributed by atoms with Crippen LogP contribution in [0.25, 0.3) is 0 Å². The zero-order chi connectivity index (χ0) is 19.2. The molecule has 1 N–H and O–H groups in total. The van der Waals surface area contributed by atoms with Gasteiger partial charge in [0.15, 0.2) is 0 Å². The van der Waals surface area contributed by atoms with E-state index in [9.17, 15) is 9.59 Å². The van der Waals surface area contributed by atoms with E-state index in [0.29, 0.717) is 24.4 Å². The first-order valence-electron chi connectivity index (χ1n) is 9.42. The van der Waals surface area contributed by atoms with E-state index in [0.717, 1.165) is 37.1 Å². The summed E-state index contributed by atoms with van der Waals surface area (Å²) in [5, 5.41) is 7.05. The first-order valence-corrected chi connectivity index (χ1v) is 9.42. The van der Waals surface area contributed by atoms with E-state index in [2.05, 4.69) is 17.4 Å². The molecular weight excluding hydrogens is 346 g/mol. The van der Waals surface area contributed by atoms with Crippen molar-refractivity contribution in [1.29, 1.82) is 0 Å². The van der Waals surface area contributed by atoms with Gasteiger partial charge in [0.05, 0.1) is 18.2 Å². The second-order valence-electron chi connectivity index (χ2n) is 6.55. The predicted molar refractivity (Wildman–Crippen MR) is 101 cm³/mol. The lowest BCUT2D eigenvalue weighted by Gasteiger charge is -2.23. The Hall–Kier alpha value is -2.83. The minimum absolute atomic E-state index is 0.0711. The summed E-state index contributed by atoms with van der Waals surface area (Å²) >= 11 is 0. The number of aromatic nitrogens is 1. The summed E-state index contributed by atoms with van der Waals surface area (Å²) in [6, 6.07) is 8.39. The number of esters is 1. The molecule has 27 heavy (non-hydrogen) atoms. The fourth-order valence-electron chi connectivity index (χ4n) is 3.27. The van der Waals surface area contributed by atoms with E-state index < -0.39 is 0 Å². The van der Waals surface area contributed by atoms with Crippen LogP contribution in [0.3, 0.4) is 0 Å². The van der Waals surface area contributed by atoms with Gasteiger partial charge in [0.25, 0.3) is 0 Å². The van der Waals surface area contributed by atoms with Gasteiger partial charge in [0.1, 0.15) is 11.5 Å². The number of anilines is 1. The van der Waals surface area contributed by atoms with Crippen molar-refractivity contribution in [3.63, 3.8) is 0 Å². The van der Waals surface area contributed by atoms with Crippen molar-refractivity contribution in [2.75, 3.05) is 18.5 Å². The third-order valence-corrected chi connectivity index (χ3v) is 4.58. The number of rotatable bonds is 6. The Bertz CT molecular complexity index is 785. The SMILES string of the molecule is CCCc1cc([C@H]2CCCN2C(=O)Nc2ccc(C(=O)OCC)cc2)no1. The molecule has 1 aromatic carbocycles. The van der Waals surface area contributed by atoms with E-state index in [1.165, 1.54) is 0 Å². The first kappa shape index (κ1) is 18.9. The number of hydrogen-bond donors (Lipinski definition) is 1. The molecule has 1 saturated heterocycles. The molecule has 144 valence electrons. The van der Waals surface area contributed by atoms with E-state index in [1.807, 2.05) is 6.07 Å². The highest BCUT2D eigenvalue weighted by atomic mass is 16.5. The number of hydrogen-bond acceptors (Lipinski definition) is 5. The third-order valence-electron chi connectivity index (χ3n) is 4.58. The predicted octanol–water partition coefficient (Wildman–Crippen LogP) is 4.17. The quantitative estimate of drug-likeness (QED) is 0.770. The Morgan fingerprint density at radius 3 is 2.78 bits per heavy atom. The Morgan fingerprint density at radius 1 is 1.30 bits per heavy atom. The fraction of sp³-hybridized carbons (Fsp3) is 0.450. The average molecular weight is 371 g/mol. The van der Waals surface area contributed by atoms with Gasteiger partial charge < -0.3 is 19.5 Å². The van der Waals surface area contributed by atoms with E-state index >= 15 is 0 Å². The molecule has 1 fully saturated rings. The van der Waals surface area contributed by atoms with Gasteiger partial charge in [-0.2, -0.15) is 0 Å². The van der Waals surface area contributed by atoms with Gasteiger partial charge in [-0.05, 0) is 50.5 Å². The van der Waals surface area contributed by atoms with Crippen molar-refractivity contribution in [1.82, 2.24) is 10.1 Å². The van der Waals surface area contributed by atoms with Gasteiger partial charge in [0, 0.05) is 24.7 Å². The Labute approximate surface area is 158 Å². The van der Waals surface area contributed by atoms with Gasteiger partial charge in [-0.15, -0.1) is 0 Å². The second kappa shape index (κ2) is 8.70. The molecule has 2 amide bonds. The van der Waals surface area contributed by atoms with Gasteiger partial charge in [-0.25, -0.2) is 9.59 Å². The average Bonchev–Trinajstić information content (AvgIpc) is 3.32. The summed E-state index contributed by atoms with van der Waals surface area (Å²) in [5.41, 5.74) is 1.90. The van der Waals surface area contributed by atoms with Crippen LogP contribution in [0.2, 0.25) is 0 Å². The van der Waals surface area contributed by atoms with Crippen molar-refractivity contribution in [3.8, 4) is 0 Å². The lowest BCUT2D eigenvalue weighted by atomic mass is 10.1. The molecule has 7 heteroatoms. The standard InChI is InChI=1S/C20H25N3O4/c1-3-6-16-13-17(22-27-16)18-7-5-12-23(18)20(25)21-15-10-8-14(9-11-15)19(24)26-4-2/h8-11,13,18H,3-7,12H2,1-2H3,(H,21,25)/t18-/m1/s1. The molecule has 2 aromatic rings. The van der Waals surface area contributed by atoms with Gasteiger partial charge >= 0.3 is 12.0 Å². The third kappa shape index (κ3) is 4.48. The molecule has 0 radical (unpaired) electrons. The molecule has 1 atom stereocenters. The summed E-state index contributed by atoms with van der Waals surface area (Å²) in [5.74, 6) is 0.484. The maximum absolute atomic E-state index is 12.7. The molecule has 0 saturated carbocycles. The van der Waals surface area contributed by atoms with Crippen LogP contribution in [-0.4, -0.2) is 35.2 Å². The van der Waals surface area contributed by atoms with E-state index in [-0.39, 0.29) is 18.0 Å². The highest BCUT2D eigenvalue weighted by Gasteiger charge is 2.32. The van der Waals surface area contributed by atoms with Crippen LogP contribution < -0.4 is 5.32 Å². The number of carbonyl (C=O) groups excluding carboxylic acids is 2. The lowest BCUT2D eigenvalue weighted by Crippen LogP contribution is -2.34. The molecule has 0 unspecified atom stereocenters. The monoisotopic (exact) mass is 371 g/mol.